The van der Waals surface area contributed by atoms with Gasteiger partial charge in [0.15, 0.2) is 0 Å². The summed E-state index contributed by atoms with van der Waals surface area (Å²) in [5.74, 6) is 0. The van der Waals surface area contributed by atoms with Crippen LogP contribution in [0.5, 0.6) is 0 Å². The molecule has 0 aromatic carbocycles. The summed E-state index contributed by atoms with van der Waals surface area (Å²) in [6, 6.07) is 0. The number of hydrogen-bond donors (Lipinski definition) is 1. The van der Waals surface area contributed by atoms with Gasteiger partial charge in [-0.1, -0.05) is 0 Å². The largest absolute Gasteiger partial charge is 0.396 e. The molecule has 0 saturated heterocycles. The van der Waals surface area contributed by atoms with Gasteiger partial charge in [0.25, 0.3) is 0 Å². The smallest absolute Gasteiger partial charge is 0.0444 e. The van der Waals surface area contributed by atoms with E-state index >= 15 is 0 Å². The van der Waals surface area contributed by atoms with Gasteiger partial charge < -0.3 is 5.11 Å². The third-order valence-electron chi connectivity index (χ3n) is 0.316. The summed E-state index contributed by atoms with van der Waals surface area (Å²) in [7, 11) is 0. The van der Waals surface area contributed by atoms with Crippen molar-refractivity contribution < 1.29 is 5.11 Å². The van der Waals surface area contributed by atoms with Crippen LogP contribution in [-0.2, 0) is 0 Å². The Balaban J connectivity index is 2.19. The molecule has 0 bridgehead atoms. The molecular weight excluding hydrogens is 66.0 g/mol. The van der Waals surface area contributed by atoms with Crippen LogP contribution in [0.2, 0.25) is 0 Å². The van der Waals surface area contributed by atoms with Crippen molar-refractivity contribution in [2.75, 3.05) is 13.2 Å². The second kappa shape index (κ2) is 3.92. The summed E-state index contributed by atoms with van der Waals surface area (Å²) < 4.78 is 0. The average molecular weight is 73.1 g/mol. The van der Waals surface area contributed by atoms with Crippen LogP contribution in [0.25, 0.3) is 0 Å². The van der Waals surface area contributed by atoms with E-state index in [0.717, 1.165) is 0 Å². The molecule has 1 N–H and O–H groups in total. The van der Waals surface area contributed by atoms with E-state index in [-0.39, 0.29) is 13.2 Å². The Morgan fingerprint density at radius 3 is 2.20 bits per heavy atom. The van der Waals surface area contributed by atoms with Gasteiger partial charge in [0, 0.05) is 13.2 Å². The van der Waals surface area contributed by atoms with Gasteiger partial charge in [0.05, 0.1) is 0 Å². The molecule has 0 aliphatic rings. The van der Waals surface area contributed by atoms with Crippen molar-refractivity contribution in [3.63, 3.8) is 0 Å². The first-order chi connectivity index (χ1) is 2.41. The molecule has 0 aliphatic heterocycles. The van der Waals surface area contributed by atoms with Gasteiger partial charge in [0.1, 0.15) is 0 Å². The van der Waals surface area contributed by atoms with Gasteiger partial charge >= 0.3 is 0 Å². The summed E-state index contributed by atoms with van der Waals surface area (Å²) in [6.45, 7) is 0.188. The van der Waals surface area contributed by atoms with Crippen molar-refractivity contribution in [1.82, 2.24) is 5.73 Å². The van der Waals surface area contributed by atoms with E-state index in [9.17, 15) is 0 Å². The zero-order valence-electron chi connectivity index (χ0n) is 3.02. The molecule has 5 heavy (non-hydrogen) atoms. The molecule has 0 rings (SSSR count). The molecule has 0 aliphatic carbocycles. The van der Waals surface area contributed by atoms with Crippen molar-refractivity contribution in [1.29, 1.82) is 0 Å². The zero-order valence-corrected chi connectivity index (χ0v) is 3.02. The van der Waals surface area contributed by atoms with Gasteiger partial charge in [-0.15, -0.1) is 5.73 Å². The van der Waals surface area contributed by atoms with Gasteiger partial charge in [-0.05, 0) is 6.42 Å². The minimum atomic E-state index is 0.0938. The quantitative estimate of drug-likeness (QED) is 0.467. The second-order valence-corrected chi connectivity index (χ2v) is 0.801. The topological polar surface area (TPSA) is 42.5 Å². The van der Waals surface area contributed by atoms with Crippen molar-refractivity contribution in [2.24, 2.45) is 0 Å². The minimum Gasteiger partial charge on any atom is -0.396 e. The summed E-state index contributed by atoms with van der Waals surface area (Å²) in [6.07, 6.45) is 0.500. The van der Waals surface area contributed by atoms with Crippen LogP contribution in [-0.4, -0.2) is 18.3 Å². The third kappa shape index (κ3) is 3.92. The van der Waals surface area contributed by atoms with Crippen LogP contribution in [0.1, 0.15) is 6.42 Å². The fourth-order valence-electron chi connectivity index (χ4n) is 0.0707. The second-order valence-electron chi connectivity index (χ2n) is 0.801. The van der Waals surface area contributed by atoms with Crippen LogP contribution in [0.15, 0.2) is 0 Å². The average Bonchev–Trinajstić information content (AvgIpc) is 1.41. The number of hydrogen-bond acceptors (Lipinski definition) is 1. The fourth-order valence-corrected chi connectivity index (χ4v) is 0.0707. The molecule has 0 saturated carbocycles. The highest BCUT2D eigenvalue weighted by Gasteiger charge is 1.71. The van der Waals surface area contributed by atoms with Crippen molar-refractivity contribution in [3.05, 3.63) is 0 Å². The molecular formula is C3H7NO. The summed E-state index contributed by atoms with van der Waals surface area (Å²) in [5.41, 5.74) is 7.91. The van der Waals surface area contributed by atoms with Crippen LogP contribution >= 0.6 is 0 Å². The summed E-state index contributed by atoms with van der Waals surface area (Å²) >= 11 is 0. The Hall–Kier alpha value is -0.0800. The van der Waals surface area contributed by atoms with Gasteiger partial charge in [-0.25, -0.2) is 0 Å². The monoisotopic (exact) mass is 73.1 g/mol. The first kappa shape index (κ1) is 4.92. The van der Waals surface area contributed by atoms with Crippen LogP contribution in [0.3, 0.4) is 0 Å². The Kier molecular flexibility index (Phi) is 3.86. The maximum Gasteiger partial charge on any atom is 0.0444 e. The lowest BCUT2D eigenvalue weighted by molar-refractivity contribution is 0.290. The molecule has 0 amide bonds. The molecule has 30 valence electrons. The summed E-state index contributed by atoms with van der Waals surface area (Å²) in [4.78, 5) is 0. The predicted molar refractivity (Wildman–Crippen MR) is 18.7 cm³/mol. The first-order valence-corrected chi connectivity index (χ1v) is 1.63. The fraction of sp³-hybridized carbons (Fsp3) is 1.00. The SMILES string of the molecule is [N]CCCO. The molecule has 0 unspecified atom stereocenters. The number of aliphatic hydroxyl groups is 1. The predicted octanol–water partition coefficient (Wildman–Crippen LogP) is -0.562. The maximum atomic E-state index is 7.91. The van der Waals surface area contributed by atoms with E-state index in [0.29, 0.717) is 6.42 Å². The summed E-state index contributed by atoms with van der Waals surface area (Å²) in [5, 5.41) is 7.91. The molecule has 0 atom stereocenters. The van der Waals surface area contributed by atoms with E-state index in [1.165, 1.54) is 0 Å². The standard InChI is InChI=1S/C3H7NO/c4-2-1-3-5/h5H,1-3H2. The normalized spacial score (nSPS) is 8.40. The van der Waals surface area contributed by atoms with E-state index in [1.807, 2.05) is 0 Å². The number of nitrogens with zero attached hydrogens (tertiary/aromatic N) is 1. The third-order valence-corrected chi connectivity index (χ3v) is 0.316. The lowest BCUT2D eigenvalue weighted by Gasteiger charge is -1.77. The van der Waals surface area contributed by atoms with Crippen molar-refractivity contribution in [2.45, 2.75) is 6.42 Å². The van der Waals surface area contributed by atoms with E-state index in [4.69, 9.17) is 10.8 Å². The van der Waals surface area contributed by atoms with E-state index < -0.39 is 0 Å². The highest BCUT2D eigenvalue weighted by atomic mass is 16.2. The lowest BCUT2D eigenvalue weighted by Crippen LogP contribution is -1.87. The molecule has 0 heterocycles. The van der Waals surface area contributed by atoms with E-state index in [2.05, 4.69) is 0 Å². The molecule has 0 aromatic rings. The molecule has 2 nitrogen and oxygen atoms in total. The maximum absolute atomic E-state index is 7.91. The highest BCUT2D eigenvalue weighted by Crippen LogP contribution is 1.64. The Labute approximate surface area is 31.6 Å². The van der Waals surface area contributed by atoms with Gasteiger partial charge in [-0.2, -0.15) is 0 Å². The van der Waals surface area contributed by atoms with E-state index in [1.54, 1.807) is 0 Å². The van der Waals surface area contributed by atoms with Crippen LogP contribution in [0.4, 0.5) is 0 Å². The van der Waals surface area contributed by atoms with Crippen molar-refractivity contribution >= 4 is 0 Å². The van der Waals surface area contributed by atoms with Gasteiger partial charge in [-0.3, -0.25) is 0 Å². The van der Waals surface area contributed by atoms with Crippen LogP contribution in [0, 0.1) is 0 Å². The Bertz CT molecular complexity index is 14.4. The molecule has 2 heteroatoms. The molecule has 2 radical (unpaired) electrons. The lowest BCUT2D eigenvalue weighted by atomic mass is 10.5. The minimum absolute atomic E-state index is 0.0938. The molecule has 0 fully saturated rings. The molecule has 0 aromatic heterocycles. The zero-order chi connectivity index (χ0) is 4.12. The first-order valence-electron chi connectivity index (χ1n) is 1.63. The van der Waals surface area contributed by atoms with Crippen molar-refractivity contribution in [3.8, 4) is 0 Å². The highest BCUT2D eigenvalue weighted by molar-refractivity contribution is 4.27. The number of rotatable bonds is 2. The Morgan fingerprint density at radius 2 is 2.20 bits per heavy atom. The van der Waals surface area contributed by atoms with Gasteiger partial charge in [0.2, 0.25) is 0 Å². The van der Waals surface area contributed by atoms with Crippen LogP contribution < -0.4 is 5.73 Å². The Morgan fingerprint density at radius 1 is 1.60 bits per heavy atom. The molecule has 0 spiro atoms. The number of aliphatic hydroxyl groups excluding tert-OH is 1.